The quantitative estimate of drug-likeness (QED) is 0.558. The molecule has 1 aliphatic rings. The molecule has 0 aromatic heterocycles. The van der Waals surface area contributed by atoms with Crippen molar-refractivity contribution in [1.29, 1.82) is 0 Å². The Morgan fingerprint density at radius 1 is 1.35 bits per heavy atom. The number of carbonyl (C=O) groups excluding carboxylic acids is 1. The van der Waals surface area contributed by atoms with Gasteiger partial charge in [0.2, 0.25) is 0 Å². The van der Waals surface area contributed by atoms with E-state index in [1.807, 2.05) is 22.6 Å². The van der Waals surface area contributed by atoms with Gasteiger partial charge in [-0.2, -0.15) is 0 Å². The van der Waals surface area contributed by atoms with Gasteiger partial charge in [-0.25, -0.2) is 4.79 Å². The highest BCUT2D eigenvalue weighted by molar-refractivity contribution is 14.1. The number of carbonyl (C=O) groups is 2. The van der Waals surface area contributed by atoms with Crippen LogP contribution in [0.3, 0.4) is 0 Å². The predicted molar refractivity (Wildman–Crippen MR) is 82.3 cm³/mol. The van der Waals surface area contributed by atoms with E-state index in [2.05, 4.69) is 0 Å². The van der Waals surface area contributed by atoms with Crippen LogP contribution < -0.4 is 0 Å². The number of rotatable bonds is 2. The van der Waals surface area contributed by atoms with Gasteiger partial charge < -0.3 is 15.1 Å². The highest BCUT2D eigenvalue weighted by Gasteiger charge is 2.39. The number of halogens is 3. The van der Waals surface area contributed by atoms with E-state index in [9.17, 15) is 14.7 Å². The van der Waals surface area contributed by atoms with Crippen molar-refractivity contribution >= 4 is 57.7 Å². The molecular weight excluding hydrogens is 420 g/mol. The van der Waals surface area contributed by atoms with Crippen molar-refractivity contribution in [3.8, 4) is 0 Å². The summed E-state index contributed by atoms with van der Waals surface area (Å²) in [6, 6.07) is 1.92. The van der Waals surface area contributed by atoms with Gasteiger partial charge in [0.15, 0.2) is 0 Å². The number of nitrogens with zero attached hydrogens (tertiary/aromatic N) is 1. The molecule has 0 bridgehead atoms. The lowest BCUT2D eigenvalue weighted by atomic mass is 10.1. The number of aliphatic hydroxyl groups excluding tert-OH is 1. The third-order valence-corrected chi connectivity index (χ3v) is 5.05. The molecule has 1 heterocycles. The van der Waals surface area contributed by atoms with Gasteiger partial charge in [0.25, 0.3) is 5.91 Å². The third kappa shape index (κ3) is 3.03. The van der Waals surface area contributed by atoms with Crippen LogP contribution in [0.5, 0.6) is 0 Å². The van der Waals surface area contributed by atoms with Gasteiger partial charge in [-0.05, 0) is 34.7 Å². The molecule has 2 atom stereocenters. The lowest BCUT2D eigenvalue weighted by molar-refractivity contribution is -0.141. The molecule has 2 unspecified atom stereocenters. The third-order valence-electron chi connectivity index (χ3n) is 3.05. The molecule has 20 heavy (non-hydrogen) atoms. The molecule has 1 fully saturated rings. The molecule has 2 rings (SSSR count). The van der Waals surface area contributed by atoms with Gasteiger partial charge in [-0.15, -0.1) is 0 Å². The molecule has 1 amide bonds. The fourth-order valence-electron chi connectivity index (χ4n) is 2.14. The monoisotopic (exact) mass is 429 g/mol. The number of likely N-dealkylation sites (tertiary alicyclic amines) is 1. The van der Waals surface area contributed by atoms with Crippen molar-refractivity contribution in [2.45, 2.75) is 18.6 Å². The van der Waals surface area contributed by atoms with E-state index in [4.69, 9.17) is 28.3 Å². The van der Waals surface area contributed by atoms with Gasteiger partial charge in [-0.3, -0.25) is 4.79 Å². The lowest BCUT2D eigenvalue weighted by Gasteiger charge is -2.22. The predicted octanol–water partition coefficient (Wildman–Crippen LogP) is 2.26. The van der Waals surface area contributed by atoms with Gasteiger partial charge in [0.1, 0.15) is 6.04 Å². The smallest absolute Gasteiger partial charge is 0.326 e. The Morgan fingerprint density at radius 3 is 2.60 bits per heavy atom. The van der Waals surface area contributed by atoms with Gasteiger partial charge in [0.05, 0.1) is 16.7 Å². The molecule has 8 heteroatoms. The summed E-state index contributed by atoms with van der Waals surface area (Å²) >= 11 is 13.8. The molecule has 5 nitrogen and oxygen atoms in total. The Labute approximate surface area is 138 Å². The zero-order valence-electron chi connectivity index (χ0n) is 10.0. The second-order valence-electron chi connectivity index (χ2n) is 4.45. The van der Waals surface area contributed by atoms with E-state index < -0.39 is 24.0 Å². The molecule has 1 saturated heterocycles. The van der Waals surface area contributed by atoms with Gasteiger partial charge in [-0.1, -0.05) is 23.2 Å². The molecule has 1 aliphatic heterocycles. The maximum absolute atomic E-state index is 12.5. The fraction of sp³-hybridized carbons (Fsp3) is 0.333. The standard InChI is InChI=1S/C12H10Cl2INO4/c13-5-1-7(10(15)8(14)2-5)11(18)16-4-6(17)3-9(16)12(19)20/h1-2,6,9,17H,3-4H2,(H,19,20). The Hall–Kier alpha value is -0.570. The highest BCUT2D eigenvalue weighted by Crippen LogP contribution is 2.29. The minimum absolute atomic E-state index is 0.0178. The summed E-state index contributed by atoms with van der Waals surface area (Å²) in [6.45, 7) is -0.0178. The van der Waals surface area contributed by atoms with E-state index in [1.165, 1.54) is 12.1 Å². The number of amides is 1. The van der Waals surface area contributed by atoms with Crippen LogP contribution in [0.2, 0.25) is 10.0 Å². The first kappa shape index (κ1) is 15.8. The Balaban J connectivity index is 2.38. The van der Waals surface area contributed by atoms with Crippen molar-refractivity contribution in [2.24, 2.45) is 0 Å². The number of aliphatic hydroxyl groups is 1. The van der Waals surface area contributed by atoms with E-state index in [-0.39, 0.29) is 18.5 Å². The summed E-state index contributed by atoms with van der Waals surface area (Å²) in [6.07, 6.45) is -0.821. The number of β-amino-alcohol motifs (C(OH)–C–C–N with tert-alkyl or cyclic N) is 1. The highest BCUT2D eigenvalue weighted by atomic mass is 127. The van der Waals surface area contributed by atoms with Crippen LogP contribution in [0, 0.1) is 3.57 Å². The molecule has 1 aromatic rings. The number of carboxylic acids is 1. The molecule has 2 N–H and O–H groups in total. The van der Waals surface area contributed by atoms with Crippen molar-refractivity contribution in [2.75, 3.05) is 6.54 Å². The number of aliphatic carboxylic acids is 1. The van der Waals surface area contributed by atoms with E-state index in [0.29, 0.717) is 13.6 Å². The van der Waals surface area contributed by atoms with Crippen molar-refractivity contribution in [1.82, 2.24) is 4.90 Å². The second-order valence-corrected chi connectivity index (χ2v) is 6.37. The normalized spacial score (nSPS) is 22.1. The Bertz CT molecular complexity index is 581. The first-order chi connectivity index (χ1) is 9.31. The molecule has 0 radical (unpaired) electrons. The Morgan fingerprint density at radius 2 is 2.00 bits per heavy atom. The van der Waals surface area contributed by atoms with E-state index in [1.54, 1.807) is 0 Å². The SMILES string of the molecule is O=C(O)C1CC(O)CN1C(=O)c1cc(Cl)cc(Cl)c1I. The summed E-state index contributed by atoms with van der Waals surface area (Å²) < 4.78 is 0.504. The molecule has 0 saturated carbocycles. The summed E-state index contributed by atoms with van der Waals surface area (Å²) in [5.74, 6) is -1.64. The maximum atomic E-state index is 12.5. The Kier molecular flexibility index (Phi) is 4.78. The zero-order valence-corrected chi connectivity index (χ0v) is 13.7. The number of carboxylic acid groups (broad SMARTS) is 1. The lowest BCUT2D eigenvalue weighted by Crippen LogP contribution is -2.40. The summed E-state index contributed by atoms with van der Waals surface area (Å²) in [7, 11) is 0. The van der Waals surface area contributed by atoms with E-state index in [0.717, 1.165) is 4.90 Å². The van der Waals surface area contributed by atoms with Crippen LogP contribution in [-0.4, -0.2) is 45.7 Å². The number of hydrogen-bond donors (Lipinski definition) is 2. The summed E-state index contributed by atoms with van der Waals surface area (Å²) in [5.41, 5.74) is 0.239. The van der Waals surface area contributed by atoms with Crippen molar-refractivity contribution in [3.63, 3.8) is 0 Å². The van der Waals surface area contributed by atoms with Crippen LogP contribution in [-0.2, 0) is 4.79 Å². The first-order valence-electron chi connectivity index (χ1n) is 5.67. The van der Waals surface area contributed by atoms with Gasteiger partial charge >= 0.3 is 5.97 Å². The van der Waals surface area contributed by atoms with Crippen LogP contribution in [0.15, 0.2) is 12.1 Å². The zero-order chi connectivity index (χ0) is 15.0. The summed E-state index contributed by atoms with van der Waals surface area (Å²) in [4.78, 5) is 24.8. The molecular formula is C12H10Cl2INO4. The fourth-order valence-corrected chi connectivity index (χ4v) is 3.17. The molecule has 108 valence electrons. The topological polar surface area (TPSA) is 77.8 Å². The van der Waals surface area contributed by atoms with Crippen LogP contribution >= 0.6 is 45.8 Å². The average Bonchev–Trinajstić information content (AvgIpc) is 2.75. The van der Waals surface area contributed by atoms with Crippen LogP contribution in [0.1, 0.15) is 16.8 Å². The number of hydrogen-bond acceptors (Lipinski definition) is 3. The molecule has 0 aliphatic carbocycles. The van der Waals surface area contributed by atoms with Crippen molar-refractivity contribution < 1.29 is 19.8 Å². The van der Waals surface area contributed by atoms with Crippen LogP contribution in [0.4, 0.5) is 0 Å². The number of benzene rings is 1. The first-order valence-corrected chi connectivity index (χ1v) is 7.51. The largest absolute Gasteiger partial charge is 0.480 e. The molecule has 1 aromatic carbocycles. The second kappa shape index (κ2) is 6.05. The summed E-state index contributed by atoms with van der Waals surface area (Å²) in [5, 5.41) is 19.3. The average molecular weight is 430 g/mol. The van der Waals surface area contributed by atoms with Crippen molar-refractivity contribution in [3.05, 3.63) is 31.3 Å². The molecule has 0 spiro atoms. The maximum Gasteiger partial charge on any atom is 0.326 e. The van der Waals surface area contributed by atoms with E-state index >= 15 is 0 Å². The van der Waals surface area contributed by atoms with Gasteiger partial charge in [0, 0.05) is 21.6 Å². The minimum atomic E-state index is -1.14. The van der Waals surface area contributed by atoms with Crippen LogP contribution in [0.25, 0.3) is 0 Å². The minimum Gasteiger partial charge on any atom is -0.480 e.